The molecule has 0 saturated heterocycles. The molecule has 10 rings (SSSR count). The molecule has 2 heteroatoms. The molecule has 0 aliphatic heterocycles. The van der Waals surface area contributed by atoms with Gasteiger partial charge in [-0.15, -0.1) is 0 Å². The zero-order chi connectivity index (χ0) is 40.4. The standard InChI is InChI=1S/C58H44N2/c1-3-5-18-41(4-2)42-33-35-48(36-34-42)59(50-37-38-52-46(40-50)32-31-44-21-12-13-26-51(44)52)49-25-16-22-45(39-49)54-28-17-30-56-58(54)57-53(43-19-8-6-9-20-43)27-14-15-29-55(57)60(56)47-23-10-7-11-24-47/h3-28,30-40H,2,29H2,1H3/b5-3-,41-18+. The molecule has 60 heavy (non-hydrogen) atoms. The Morgan fingerprint density at radius 2 is 1.32 bits per heavy atom. The topological polar surface area (TPSA) is 8.17 Å². The van der Waals surface area contributed by atoms with Crippen LogP contribution in [0.4, 0.5) is 17.1 Å². The first-order valence-corrected chi connectivity index (χ1v) is 20.7. The van der Waals surface area contributed by atoms with Crippen molar-refractivity contribution in [3.05, 3.63) is 253 Å². The molecule has 0 saturated carbocycles. The molecule has 0 atom stereocenters. The highest BCUT2D eigenvalue weighted by Crippen LogP contribution is 2.45. The molecule has 0 fully saturated rings. The van der Waals surface area contributed by atoms with Crippen LogP contribution in [0.3, 0.4) is 0 Å². The number of nitrogens with zero attached hydrogens (tertiary/aromatic N) is 2. The van der Waals surface area contributed by atoms with Gasteiger partial charge in [-0.3, -0.25) is 0 Å². The fraction of sp³-hybridized carbons (Fsp3) is 0.0345. The van der Waals surface area contributed by atoms with Crippen LogP contribution in [-0.2, 0) is 6.42 Å². The maximum absolute atomic E-state index is 4.11. The van der Waals surface area contributed by atoms with Gasteiger partial charge in [0.1, 0.15) is 0 Å². The number of benzene rings is 8. The van der Waals surface area contributed by atoms with E-state index in [2.05, 4.69) is 228 Å². The largest absolute Gasteiger partial charge is 0.313 e. The van der Waals surface area contributed by atoms with Gasteiger partial charge in [0.05, 0.1) is 5.52 Å². The molecule has 0 spiro atoms. The molecule has 1 aliphatic carbocycles. The molecular formula is C58H44N2. The van der Waals surface area contributed by atoms with E-state index in [1.54, 1.807) is 0 Å². The molecular weight excluding hydrogens is 725 g/mol. The highest BCUT2D eigenvalue weighted by atomic mass is 15.1. The van der Waals surface area contributed by atoms with Crippen LogP contribution >= 0.6 is 0 Å². The van der Waals surface area contributed by atoms with Crippen molar-refractivity contribution in [2.75, 3.05) is 4.90 Å². The Hall–Kier alpha value is -7.68. The Bertz CT molecular complexity index is 3170. The second-order valence-electron chi connectivity index (χ2n) is 15.2. The van der Waals surface area contributed by atoms with E-state index in [0.717, 1.165) is 45.9 Å². The number of hydrogen-bond acceptors (Lipinski definition) is 1. The van der Waals surface area contributed by atoms with Crippen molar-refractivity contribution >= 4 is 60.7 Å². The van der Waals surface area contributed by atoms with E-state index < -0.39 is 0 Å². The Morgan fingerprint density at radius 1 is 0.617 bits per heavy atom. The van der Waals surface area contributed by atoms with Crippen molar-refractivity contribution in [2.24, 2.45) is 0 Å². The summed E-state index contributed by atoms with van der Waals surface area (Å²) in [7, 11) is 0. The highest BCUT2D eigenvalue weighted by Gasteiger charge is 2.25. The first-order valence-electron chi connectivity index (χ1n) is 20.7. The summed E-state index contributed by atoms with van der Waals surface area (Å²) in [5, 5.41) is 6.22. The van der Waals surface area contributed by atoms with E-state index in [4.69, 9.17) is 0 Å². The molecule has 0 amide bonds. The molecule has 0 unspecified atom stereocenters. The predicted octanol–water partition coefficient (Wildman–Crippen LogP) is 15.8. The van der Waals surface area contributed by atoms with Gasteiger partial charge in [-0.1, -0.05) is 177 Å². The lowest BCUT2D eigenvalue weighted by Gasteiger charge is -2.27. The Labute approximate surface area is 352 Å². The number of para-hydroxylation sites is 1. The van der Waals surface area contributed by atoms with Crippen LogP contribution in [0.15, 0.2) is 231 Å². The second-order valence-corrected chi connectivity index (χ2v) is 15.2. The van der Waals surface area contributed by atoms with Crippen molar-refractivity contribution in [1.29, 1.82) is 0 Å². The molecule has 8 aromatic carbocycles. The van der Waals surface area contributed by atoms with Gasteiger partial charge in [0, 0.05) is 45.8 Å². The lowest BCUT2D eigenvalue weighted by molar-refractivity contribution is 1.00. The van der Waals surface area contributed by atoms with E-state index >= 15 is 0 Å². The second kappa shape index (κ2) is 15.9. The van der Waals surface area contributed by atoms with Crippen LogP contribution in [0.2, 0.25) is 0 Å². The number of anilines is 3. The van der Waals surface area contributed by atoms with Crippen molar-refractivity contribution in [3.63, 3.8) is 0 Å². The fourth-order valence-electron chi connectivity index (χ4n) is 8.96. The molecule has 1 aromatic heterocycles. The van der Waals surface area contributed by atoms with Crippen molar-refractivity contribution in [2.45, 2.75) is 13.3 Å². The minimum absolute atomic E-state index is 0.823. The summed E-state index contributed by atoms with van der Waals surface area (Å²) >= 11 is 0. The van der Waals surface area contributed by atoms with Crippen molar-refractivity contribution in [1.82, 2.24) is 4.57 Å². The maximum Gasteiger partial charge on any atom is 0.0544 e. The molecule has 2 nitrogen and oxygen atoms in total. The smallest absolute Gasteiger partial charge is 0.0544 e. The summed E-state index contributed by atoms with van der Waals surface area (Å²) in [6.07, 6.45) is 15.8. The minimum atomic E-state index is 0.823. The quantitative estimate of drug-likeness (QED) is 0.105. The Kier molecular flexibility index (Phi) is 9.73. The molecule has 1 heterocycles. The first-order chi connectivity index (χ1) is 29.7. The maximum atomic E-state index is 4.11. The summed E-state index contributed by atoms with van der Waals surface area (Å²) in [6, 6.07) is 66.3. The van der Waals surface area contributed by atoms with E-state index in [1.165, 1.54) is 60.4 Å². The zero-order valence-corrected chi connectivity index (χ0v) is 33.7. The number of fused-ring (bicyclic) bond motifs is 6. The van der Waals surface area contributed by atoms with Gasteiger partial charge in [0.2, 0.25) is 0 Å². The van der Waals surface area contributed by atoms with Gasteiger partial charge in [0.25, 0.3) is 0 Å². The summed E-state index contributed by atoms with van der Waals surface area (Å²) in [6.45, 7) is 6.14. The van der Waals surface area contributed by atoms with Crippen LogP contribution in [-0.4, -0.2) is 4.57 Å². The van der Waals surface area contributed by atoms with Gasteiger partial charge >= 0.3 is 0 Å². The Morgan fingerprint density at radius 3 is 2.13 bits per heavy atom. The number of allylic oxidation sites excluding steroid dienone is 8. The monoisotopic (exact) mass is 768 g/mol. The third-order valence-corrected chi connectivity index (χ3v) is 11.7. The Balaban J connectivity index is 1.18. The lowest BCUT2D eigenvalue weighted by atomic mass is 9.91. The summed E-state index contributed by atoms with van der Waals surface area (Å²) in [5.41, 5.74) is 15.2. The SMILES string of the molecule is C=C/C(=C\C=C/C)c1ccc(N(c2cccc(-c3cccc4c3c3c(n4-c4ccccc4)CC=CC=C3c3ccccc3)c2)c2ccc3c(ccc4ccccc43)c2)cc1. The molecule has 9 aromatic rings. The van der Waals surface area contributed by atoms with Crippen LogP contribution in [0.25, 0.3) is 60.4 Å². The van der Waals surface area contributed by atoms with Crippen molar-refractivity contribution in [3.8, 4) is 16.8 Å². The van der Waals surface area contributed by atoms with Crippen LogP contribution < -0.4 is 4.90 Å². The fourth-order valence-corrected chi connectivity index (χ4v) is 8.96. The van der Waals surface area contributed by atoms with Gasteiger partial charge in [-0.2, -0.15) is 0 Å². The highest BCUT2D eigenvalue weighted by molar-refractivity contribution is 6.10. The van der Waals surface area contributed by atoms with Gasteiger partial charge < -0.3 is 9.47 Å². The van der Waals surface area contributed by atoms with E-state index in [0.29, 0.717) is 0 Å². The normalized spacial score (nSPS) is 12.8. The van der Waals surface area contributed by atoms with E-state index in [1.807, 2.05) is 19.1 Å². The number of aromatic nitrogens is 1. The molecule has 286 valence electrons. The molecule has 0 radical (unpaired) electrons. The van der Waals surface area contributed by atoms with Crippen LogP contribution in [0, 0.1) is 0 Å². The lowest BCUT2D eigenvalue weighted by Crippen LogP contribution is -2.10. The zero-order valence-electron chi connectivity index (χ0n) is 33.7. The third kappa shape index (κ3) is 6.59. The summed E-state index contributed by atoms with van der Waals surface area (Å²) < 4.78 is 2.47. The number of rotatable bonds is 9. The first kappa shape index (κ1) is 36.6. The average molecular weight is 769 g/mol. The molecule has 0 N–H and O–H groups in total. The van der Waals surface area contributed by atoms with Crippen LogP contribution in [0.5, 0.6) is 0 Å². The average Bonchev–Trinajstić information content (AvgIpc) is 3.48. The van der Waals surface area contributed by atoms with Crippen molar-refractivity contribution < 1.29 is 0 Å². The number of hydrogen-bond donors (Lipinski definition) is 0. The van der Waals surface area contributed by atoms with E-state index in [9.17, 15) is 0 Å². The minimum Gasteiger partial charge on any atom is -0.313 e. The summed E-state index contributed by atoms with van der Waals surface area (Å²) in [5.74, 6) is 0. The third-order valence-electron chi connectivity index (χ3n) is 11.7. The predicted molar refractivity (Wildman–Crippen MR) is 258 cm³/mol. The summed E-state index contributed by atoms with van der Waals surface area (Å²) in [4.78, 5) is 2.39. The van der Waals surface area contributed by atoms with Gasteiger partial charge in [0.15, 0.2) is 0 Å². The molecule has 0 bridgehead atoms. The van der Waals surface area contributed by atoms with Gasteiger partial charge in [-0.05, 0) is 116 Å². The van der Waals surface area contributed by atoms with Gasteiger partial charge in [-0.25, -0.2) is 0 Å². The van der Waals surface area contributed by atoms with Crippen LogP contribution in [0.1, 0.15) is 29.3 Å². The van der Waals surface area contributed by atoms with E-state index in [-0.39, 0.29) is 0 Å². The molecule has 1 aliphatic rings.